The van der Waals surface area contributed by atoms with Gasteiger partial charge in [0.25, 0.3) is 0 Å². The van der Waals surface area contributed by atoms with Crippen LogP contribution in [-0.2, 0) is 0 Å². The quantitative estimate of drug-likeness (QED) is 0.115. The third-order valence-corrected chi connectivity index (χ3v) is 4.45. The lowest BCUT2D eigenvalue weighted by Crippen LogP contribution is -2.09. The Balaban J connectivity index is 0.000000303. The molecule has 12 nitrogen and oxygen atoms in total. The number of aromatic hydroxyl groups is 8. The predicted octanol–water partition coefficient (Wildman–Crippen LogP) is 2.64. The molecule has 3 aromatic carbocycles. The first kappa shape index (κ1) is 26.1. The maximum absolute atomic E-state index is 12.0. The van der Waals surface area contributed by atoms with Crippen LogP contribution in [0.25, 0.3) is 0 Å². The number of carbonyl (C=O) groups is 3. The molecule has 0 unspecified atom stereocenters. The lowest BCUT2D eigenvalue weighted by Gasteiger charge is -2.10. The number of ether oxygens (including phenoxy) is 1. The molecule has 0 aliphatic carbocycles. The first-order chi connectivity index (χ1) is 16.2. The van der Waals surface area contributed by atoms with Crippen LogP contribution in [0.5, 0.6) is 51.7 Å². The number of Topliss-reactive ketones (excluding diaryl/α,β-unsaturated/α-hetero) is 2. The largest absolute Gasteiger partial charge is 0.504 e. The van der Waals surface area contributed by atoms with Gasteiger partial charge in [0.1, 0.15) is 0 Å². The van der Waals surface area contributed by atoms with Crippen molar-refractivity contribution in [1.82, 2.24) is 0 Å². The molecule has 0 spiro atoms. The SMILES string of the molecule is CC(=O)c1cc(O)c(O)c(O)c1.CC(=O)c1cc(O)c(O)c(OC(=O)c2cc(O)c(O)c(O)c2)c1. The van der Waals surface area contributed by atoms with Crippen LogP contribution in [0.15, 0.2) is 36.4 Å². The third-order valence-electron chi connectivity index (χ3n) is 4.45. The van der Waals surface area contributed by atoms with Crippen molar-refractivity contribution in [1.29, 1.82) is 0 Å². The highest BCUT2D eigenvalue weighted by molar-refractivity contribution is 5.97. The van der Waals surface area contributed by atoms with Crippen molar-refractivity contribution in [2.45, 2.75) is 13.8 Å². The van der Waals surface area contributed by atoms with Gasteiger partial charge >= 0.3 is 5.97 Å². The zero-order valence-electron chi connectivity index (χ0n) is 18.2. The summed E-state index contributed by atoms with van der Waals surface area (Å²) in [6.45, 7) is 2.51. The highest BCUT2D eigenvalue weighted by Gasteiger charge is 2.19. The molecular weight excluding hydrogens is 468 g/mol. The normalized spacial score (nSPS) is 10.1. The summed E-state index contributed by atoms with van der Waals surface area (Å²) in [5.41, 5.74) is -0.174. The van der Waals surface area contributed by atoms with Crippen LogP contribution in [0, 0.1) is 0 Å². The molecule has 3 aromatic rings. The van der Waals surface area contributed by atoms with Crippen LogP contribution in [0.4, 0.5) is 0 Å². The van der Waals surface area contributed by atoms with Gasteiger partial charge in [-0.05, 0) is 50.2 Å². The number of carbonyl (C=O) groups excluding carboxylic acids is 3. The van der Waals surface area contributed by atoms with Crippen molar-refractivity contribution >= 4 is 17.5 Å². The number of esters is 1. The van der Waals surface area contributed by atoms with Crippen molar-refractivity contribution in [2.75, 3.05) is 0 Å². The van der Waals surface area contributed by atoms with Gasteiger partial charge in [-0.1, -0.05) is 0 Å². The second-order valence-electron chi connectivity index (χ2n) is 7.07. The average molecular weight is 488 g/mol. The van der Waals surface area contributed by atoms with E-state index in [-0.39, 0.29) is 22.5 Å². The van der Waals surface area contributed by atoms with Crippen molar-refractivity contribution < 1.29 is 60.0 Å². The van der Waals surface area contributed by atoms with Crippen LogP contribution in [0.1, 0.15) is 44.9 Å². The molecule has 0 heterocycles. The molecule has 0 aromatic heterocycles. The van der Waals surface area contributed by atoms with E-state index in [1.807, 2.05) is 0 Å². The number of hydrogen-bond donors (Lipinski definition) is 8. The molecule has 3 rings (SSSR count). The highest BCUT2D eigenvalue weighted by Crippen LogP contribution is 2.39. The van der Waals surface area contributed by atoms with Crippen molar-refractivity contribution in [3.8, 4) is 51.7 Å². The van der Waals surface area contributed by atoms with Crippen molar-refractivity contribution in [3.63, 3.8) is 0 Å². The Morgan fingerprint density at radius 1 is 0.514 bits per heavy atom. The lowest BCUT2D eigenvalue weighted by atomic mass is 10.1. The number of hydrogen-bond acceptors (Lipinski definition) is 12. The first-order valence-electron chi connectivity index (χ1n) is 9.52. The molecule has 0 bridgehead atoms. The maximum Gasteiger partial charge on any atom is 0.343 e. The van der Waals surface area contributed by atoms with E-state index in [0.717, 1.165) is 36.4 Å². The zero-order chi connectivity index (χ0) is 26.6. The summed E-state index contributed by atoms with van der Waals surface area (Å²) >= 11 is 0. The van der Waals surface area contributed by atoms with E-state index < -0.39 is 63.5 Å². The Labute approximate surface area is 196 Å². The molecule has 0 amide bonds. The van der Waals surface area contributed by atoms with Gasteiger partial charge in [-0.25, -0.2) is 4.79 Å². The van der Waals surface area contributed by atoms with E-state index in [9.17, 15) is 39.9 Å². The molecule has 0 fully saturated rings. The number of phenols is 8. The second-order valence-corrected chi connectivity index (χ2v) is 7.07. The highest BCUT2D eigenvalue weighted by atomic mass is 16.5. The molecule has 0 atom stereocenters. The molecule has 0 saturated carbocycles. The Hall–Kier alpha value is -5.13. The third kappa shape index (κ3) is 6.01. The molecule has 0 saturated heterocycles. The fourth-order valence-electron chi connectivity index (χ4n) is 2.56. The van der Waals surface area contributed by atoms with Gasteiger partial charge in [0, 0.05) is 11.1 Å². The van der Waals surface area contributed by atoms with E-state index in [4.69, 9.17) is 20.1 Å². The van der Waals surface area contributed by atoms with Crippen LogP contribution in [-0.4, -0.2) is 58.4 Å². The van der Waals surface area contributed by atoms with Crippen LogP contribution >= 0.6 is 0 Å². The second kappa shape index (κ2) is 10.2. The summed E-state index contributed by atoms with van der Waals surface area (Å²) in [6.07, 6.45) is 0. The smallest absolute Gasteiger partial charge is 0.343 e. The van der Waals surface area contributed by atoms with Gasteiger partial charge in [-0.2, -0.15) is 0 Å². The van der Waals surface area contributed by atoms with E-state index in [2.05, 4.69) is 0 Å². The Kier molecular flexibility index (Phi) is 7.62. The number of phenolic OH excluding ortho intramolecular Hbond substituents is 8. The van der Waals surface area contributed by atoms with Gasteiger partial charge in [0.15, 0.2) is 57.6 Å². The number of ketones is 2. The molecule has 8 N–H and O–H groups in total. The minimum atomic E-state index is -1.11. The summed E-state index contributed by atoms with van der Waals surface area (Å²) < 4.78 is 4.85. The molecule has 35 heavy (non-hydrogen) atoms. The summed E-state index contributed by atoms with van der Waals surface area (Å²) in [6, 6.07) is 5.92. The van der Waals surface area contributed by atoms with Gasteiger partial charge in [0.05, 0.1) is 5.56 Å². The summed E-state index contributed by atoms with van der Waals surface area (Å²) in [4.78, 5) is 34.0. The van der Waals surface area contributed by atoms with Crippen LogP contribution in [0.2, 0.25) is 0 Å². The Morgan fingerprint density at radius 3 is 1.20 bits per heavy atom. The molecule has 0 aliphatic heterocycles. The van der Waals surface area contributed by atoms with Crippen LogP contribution in [0.3, 0.4) is 0 Å². The number of rotatable bonds is 4. The van der Waals surface area contributed by atoms with Gasteiger partial charge in [-0.3, -0.25) is 9.59 Å². The van der Waals surface area contributed by atoms with Gasteiger partial charge < -0.3 is 45.6 Å². The predicted molar refractivity (Wildman–Crippen MR) is 118 cm³/mol. The minimum Gasteiger partial charge on any atom is -0.504 e. The van der Waals surface area contributed by atoms with E-state index in [0.29, 0.717) is 0 Å². The summed E-state index contributed by atoms with van der Waals surface area (Å²) in [5.74, 6) is -7.63. The van der Waals surface area contributed by atoms with Gasteiger partial charge in [0.2, 0.25) is 5.75 Å². The Bertz CT molecular complexity index is 1280. The molecule has 0 aliphatic rings. The number of benzene rings is 3. The van der Waals surface area contributed by atoms with Crippen molar-refractivity contribution in [2.24, 2.45) is 0 Å². The minimum absolute atomic E-state index is 0.000462. The monoisotopic (exact) mass is 488 g/mol. The summed E-state index contributed by atoms with van der Waals surface area (Å²) in [7, 11) is 0. The average Bonchev–Trinajstić information content (AvgIpc) is 2.78. The van der Waals surface area contributed by atoms with Crippen molar-refractivity contribution in [3.05, 3.63) is 53.1 Å². The van der Waals surface area contributed by atoms with Crippen LogP contribution < -0.4 is 4.74 Å². The zero-order valence-corrected chi connectivity index (χ0v) is 18.2. The molecule has 184 valence electrons. The van der Waals surface area contributed by atoms with Gasteiger partial charge in [-0.15, -0.1) is 0 Å². The molecule has 0 radical (unpaired) electrons. The fraction of sp³-hybridized carbons (Fsp3) is 0.0870. The lowest BCUT2D eigenvalue weighted by molar-refractivity contribution is 0.0726. The Morgan fingerprint density at radius 2 is 0.829 bits per heavy atom. The van der Waals surface area contributed by atoms with E-state index in [1.54, 1.807) is 0 Å². The maximum atomic E-state index is 12.0. The van der Waals surface area contributed by atoms with E-state index >= 15 is 0 Å². The standard InChI is InChI=1S/C15H12O8.C8H8O4/c1-6(16)7-2-11(19)14(21)12(5-7)23-15(22)8-3-9(17)13(20)10(18)4-8;1-4(9)5-2-6(10)8(12)7(11)3-5/h2-5,17-21H,1H3;2-3,10-12H,1H3. The van der Waals surface area contributed by atoms with E-state index in [1.165, 1.54) is 13.8 Å². The molecule has 12 heteroatoms. The first-order valence-corrected chi connectivity index (χ1v) is 9.52. The fourth-order valence-corrected chi connectivity index (χ4v) is 2.56. The topological polar surface area (TPSA) is 222 Å². The molecular formula is C23H20O12. The summed E-state index contributed by atoms with van der Waals surface area (Å²) in [5, 5.41) is 74.0.